The predicted octanol–water partition coefficient (Wildman–Crippen LogP) is 2.85. The van der Waals surface area contributed by atoms with Crippen LogP contribution >= 0.6 is 0 Å². The molecule has 0 aromatic heterocycles. The van der Waals surface area contributed by atoms with Crippen molar-refractivity contribution in [2.45, 2.75) is 0 Å². The minimum Gasteiger partial charge on any atom is -0.478 e. The van der Waals surface area contributed by atoms with Crippen LogP contribution in [-0.4, -0.2) is 11.1 Å². The Kier molecular flexibility index (Phi) is 2.50. The number of carboxylic acids is 1. The lowest BCUT2D eigenvalue weighted by atomic mass is 10.0. The molecule has 2 aromatic carbocycles. The molecule has 0 saturated heterocycles. The topological polar surface area (TPSA) is 37.3 Å². The normalized spacial score (nSPS) is 9.87. The quantitative estimate of drug-likeness (QED) is 0.803. The average molecular weight is 197 g/mol. The Balaban J connectivity index is 2.46. The maximum atomic E-state index is 10.8. The zero-order chi connectivity index (χ0) is 10.7. The minimum absolute atomic E-state index is 0.306. The van der Waals surface area contributed by atoms with Gasteiger partial charge in [0, 0.05) is 0 Å². The molecule has 2 rings (SSSR count). The van der Waals surface area contributed by atoms with Crippen molar-refractivity contribution in [3.63, 3.8) is 0 Å². The zero-order valence-corrected chi connectivity index (χ0v) is 7.97. The van der Waals surface area contributed by atoms with Crippen molar-refractivity contribution in [1.29, 1.82) is 0 Å². The van der Waals surface area contributed by atoms with Crippen LogP contribution in [0.4, 0.5) is 0 Å². The van der Waals surface area contributed by atoms with E-state index in [0.29, 0.717) is 5.56 Å². The molecule has 0 amide bonds. The third-order valence-corrected chi connectivity index (χ3v) is 2.16. The highest BCUT2D eigenvalue weighted by Crippen LogP contribution is 2.19. The standard InChI is InChI=1S/C13H9O2/c14-13(15)12-8-4-7-11(9-12)10-5-2-1-3-6-10/h2-9H,(H,14,15). The fourth-order valence-corrected chi connectivity index (χ4v) is 1.41. The highest BCUT2D eigenvalue weighted by molar-refractivity contribution is 5.89. The number of rotatable bonds is 2. The van der Waals surface area contributed by atoms with E-state index in [0.717, 1.165) is 11.1 Å². The third kappa shape index (κ3) is 2.05. The number of carbonyl (C=O) groups is 1. The van der Waals surface area contributed by atoms with Crippen molar-refractivity contribution in [3.05, 3.63) is 60.2 Å². The lowest BCUT2D eigenvalue weighted by molar-refractivity contribution is 0.0697. The zero-order valence-electron chi connectivity index (χ0n) is 7.97. The summed E-state index contributed by atoms with van der Waals surface area (Å²) >= 11 is 0. The molecule has 0 aliphatic rings. The Hall–Kier alpha value is -2.09. The maximum absolute atomic E-state index is 10.8. The molecular formula is C13H9O2. The molecule has 1 radical (unpaired) electrons. The van der Waals surface area contributed by atoms with Gasteiger partial charge in [0.25, 0.3) is 0 Å². The van der Waals surface area contributed by atoms with Gasteiger partial charge in [0.2, 0.25) is 0 Å². The van der Waals surface area contributed by atoms with E-state index in [1.165, 1.54) is 0 Å². The molecule has 0 spiro atoms. The molecule has 2 nitrogen and oxygen atoms in total. The van der Waals surface area contributed by atoms with E-state index in [4.69, 9.17) is 5.11 Å². The van der Waals surface area contributed by atoms with Crippen molar-refractivity contribution in [2.24, 2.45) is 0 Å². The molecule has 0 saturated carbocycles. The number of carboxylic acid groups (broad SMARTS) is 1. The summed E-state index contributed by atoms with van der Waals surface area (Å²) in [4.78, 5) is 10.8. The predicted molar refractivity (Wildman–Crippen MR) is 57.7 cm³/mol. The second kappa shape index (κ2) is 3.96. The van der Waals surface area contributed by atoms with Gasteiger partial charge >= 0.3 is 5.97 Å². The van der Waals surface area contributed by atoms with E-state index >= 15 is 0 Å². The summed E-state index contributed by atoms with van der Waals surface area (Å²) in [6, 6.07) is 17.2. The lowest BCUT2D eigenvalue weighted by Crippen LogP contribution is -1.95. The van der Waals surface area contributed by atoms with E-state index in [-0.39, 0.29) is 0 Å². The van der Waals surface area contributed by atoms with Crippen molar-refractivity contribution in [3.8, 4) is 11.1 Å². The Bertz CT molecular complexity index is 475. The smallest absolute Gasteiger partial charge is 0.335 e. The summed E-state index contributed by atoms with van der Waals surface area (Å²) < 4.78 is 0. The first-order valence-corrected chi connectivity index (χ1v) is 4.57. The first kappa shape index (κ1) is 9.46. The van der Waals surface area contributed by atoms with Crippen LogP contribution in [0, 0.1) is 6.07 Å². The summed E-state index contributed by atoms with van der Waals surface area (Å²) in [6.45, 7) is 0. The molecule has 0 bridgehead atoms. The maximum Gasteiger partial charge on any atom is 0.335 e. The molecule has 2 heteroatoms. The monoisotopic (exact) mass is 197 g/mol. The van der Waals surface area contributed by atoms with Crippen LogP contribution in [0.2, 0.25) is 0 Å². The highest BCUT2D eigenvalue weighted by Gasteiger charge is 2.03. The van der Waals surface area contributed by atoms with Crippen LogP contribution in [0.5, 0.6) is 0 Å². The van der Waals surface area contributed by atoms with Crippen LogP contribution in [0.15, 0.2) is 48.5 Å². The first-order chi connectivity index (χ1) is 7.27. The molecule has 0 aliphatic carbocycles. The molecule has 0 heterocycles. The van der Waals surface area contributed by atoms with Gasteiger partial charge < -0.3 is 5.11 Å². The molecule has 2 aromatic rings. The molecule has 0 fully saturated rings. The summed E-state index contributed by atoms with van der Waals surface area (Å²) in [5.41, 5.74) is 2.21. The molecule has 0 unspecified atom stereocenters. The van der Waals surface area contributed by atoms with E-state index in [1.807, 2.05) is 30.3 Å². The summed E-state index contributed by atoms with van der Waals surface area (Å²) in [5.74, 6) is -0.903. The van der Waals surface area contributed by atoms with E-state index in [2.05, 4.69) is 6.07 Å². The second-order valence-corrected chi connectivity index (χ2v) is 3.17. The van der Waals surface area contributed by atoms with Gasteiger partial charge in [-0.2, -0.15) is 0 Å². The first-order valence-electron chi connectivity index (χ1n) is 4.57. The van der Waals surface area contributed by atoms with Gasteiger partial charge in [-0.25, -0.2) is 4.79 Å². The van der Waals surface area contributed by atoms with Crippen molar-refractivity contribution in [1.82, 2.24) is 0 Å². The van der Waals surface area contributed by atoms with Crippen molar-refractivity contribution in [2.75, 3.05) is 0 Å². The Labute approximate surface area is 87.8 Å². The van der Waals surface area contributed by atoms with Crippen LogP contribution in [-0.2, 0) is 0 Å². The molecule has 1 N–H and O–H groups in total. The summed E-state index contributed by atoms with van der Waals surface area (Å²) in [6.07, 6.45) is 0. The third-order valence-electron chi connectivity index (χ3n) is 2.16. The molecule has 0 atom stereocenters. The van der Waals surface area contributed by atoms with Gasteiger partial charge in [-0.05, 0) is 29.3 Å². The minimum atomic E-state index is -0.903. The van der Waals surface area contributed by atoms with Gasteiger partial charge in [0.15, 0.2) is 0 Å². The Morgan fingerprint density at radius 2 is 1.80 bits per heavy atom. The van der Waals surface area contributed by atoms with Crippen LogP contribution in [0.1, 0.15) is 10.4 Å². The molecule has 73 valence electrons. The SMILES string of the molecule is O=C(O)c1cccc(-c2cc[c]cc2)c1. The average Bonchev–Trinajstić information content (AvgIpc) is 2.30. The fourth-order valence-electron chi connectivity index (χ4n) is 1.41. The second-order valence-electron chi connectivity index (χ2n) is 3.17. The van der Waals surface area contributed by atoms with Crippen LogP contribution < -0.4 is 0 Å². The summed E-state index contributed by atoms with van der Waals surface area (Å²) in [5, 5.41) is 8.85. The van der Waals surface area contributed by atoms with Gasteiger partial charge in [0.05, 0.1) is 5.56 Å². The lowest BCUT2D eigenvalue weighted by Gasteiger charge is -2.01. The molecular weight excluding hydrogens is 188 g/mol. The summed E-state index contributed by atoms with van der Waals surface area (Å²) in [7, 11) is 0. The van der Waals surface area contributed by atoms with E-state index in [1.54, 1.807) is 18.2 Å². The fraction of sp³-hybridized carbons (Fsp3) is 0. The highest BCUT2D eigenvalue weighted by atomic mass is 16.4. The van der Waals surface area contributed by atoms with Crippen molar-refractivity contribution >= 4 is 5.97 Å². The van der Waals surface area contributed by atoms with Gasteiger partial charge in [-0.3, -0.25) is 0 Å². The number of benzene rings is 2. The van der Waals surface area contributed by atoms with E-state index < -0.39 is 5.97 Å². The Morgan fingerprint density at radius 3 is 2.47 bits per heavy atom. The van der Waals surface area contributed by atoms with Crippen LogP contribution in [0.25, 0.3) is 11.1 Å². The molecule has 15 heavy (non-hydrogen) atoms. The van der Waals surface area contributed by atoms with Gasteiger partial charge in [0.1, 0.15) is 0 Å². The Morgan fingerprint density at radius 1 is 1.07 bits per heavy atom. The van der Waals surface area contributed by atoms with Crippen molar-refractivity contribution < 1.29 is 9.90 Å². The van der Waals surface area contributed by atoms with Gasteiger partial charge in [-0.15, -0.1) is 0 Å². The molecule has 0 aliphatic heterocycles. The number of aromatic carboxylic acids is 1. The van der Waals surface area contributed by atoms with E-state index in [9.17, 15) is 4.79 Å². The number of hydrogen-bond donors (Lipinski definition) is 1. The largest absolute Gasteiger partial charge is 0.478 e. The van der Waals surface area contributed by atoms with Gasteiger partial charge in [-0.1, -0.05) is 36.4 Å². The number of hydrogen-bond acceptors (Lipinski definition) is 1. The van der Waals surface area contributed by atoms with Crippen LogP contribution in [0.3, 0.4) is 0 Å².